The van der Waals surface area contributed by atoms with Crippen LogP contribution in [0.1, 0.15) is 10.5 Å². The highest BCUT2D eigenvalue weighted by Gasteiger charge is 2.15. The van der Waals surface area contributed by atoms with Crippen LogP contribution >= 0.6 is 11.3 Å². The molecule has 0 radical (unpaired) electrons. The number of nitrogens with one attached hydrogen (secondary N) is 1. The number of carbonyl (C=O) groups excluding carboxylic acids is 1. The Hall–Kier alpha value is -3.07. The Balaban J connectivity index is 1.85. The van der Waals surface area contributed by atoms with Crippen molar-refractivity contribution in [2.75, 3.05) is 25.3 Å². The fourth-order valence-electron chi connectivity index (χ4n) is 2.17. The molecule has 24 heavy (non-hydrogen) atoms. The summed E-state index contributed by atoms with van der Waals surface area (Å²) in [4.78, 5) is 12.6. The second-order valence-corrected chi connectivity index (χ2v) is 5.70. The second-order valence-electron chi connectivity index (χ2n) is 4.71. The standard InChI is InChI=1S/C15H15N5O3S/c1-22-11-6-5-9(8-12(11)23-2)17-13(21)10-4-3-7-20(10)15-19-18-14(16)24-15/h3-8H,1-2H3,(H2,16,18)(H,17,21). The van der Waals surface area contributed by atoms with Crippen LogP contribution in [0.2, 0.25) is 0 Å². The van der Waals surface area contributed by atoms with Crippen molar-refractivity contribution in [3.8, 4) is 16.6 Å². The van der Waals surface area contributed by atoms with Crippen LogP contribution in [0.3, 0.4) is 0 Å². The van der Waals surface area contributed by atoms with Crippen LogP contribution < -0.4 is 20.5 Å². The molecule has 124 valence electrons. The molecule has 3 N–H and O–H groups in total. The van der Waals surface area contributed by atoms with Crippen LogP contribution in [-0.4, -0.2) is 34.9 Å². The maximum absolute atomic E-state index is 12.6. The Morgan fingerprint density at radius 2 is 2.00 bits per heavy atom. The van der Waals surface area contributed by atoms with Gasteiger partial charge in [-0.05, 0) is 24.3 Å². The molecule has 0 aliphatic carbocycles. The molecule has 1 aromatic carbocycles. The molecule has 0 unspecified atom stereocenters. The number of hydrogen-bond donors (Lipinski definition) is 2. The van der Waals surface area contributed by atoms with Crippen LogP contribution in [0.15, 0.2) is 36.5 Å². The van der Waals surface area contributed by atoms with Gasteiger partial charge in [-0.3, -0.25) is 9.36 Å². The minimum atomic E-state index is -0.291. The van der Waals surface area contributed by atoms with Crippen molar-refractivity contribution in [2.45, 2.75) is 0 Å². The lowest BCUT2D eigenvalue weighted by Crippen LogP contribution is -2.16. The maximum atomic E-state index is 12.6. The maximum Gasteiger partial charge on any atom is 0.272 e. The molecule has 2 heterocycles. The van der Waals surface area contributed by atoms with Gasteiger partial charge in [0.2, 0.25) is 10.3 Å². The molecule has 0 spiro atoms. The summed E-state index contributed by atoms with van der Waals surface area (Å²) in [5.74, 6) is 0.826. The number of benzene rings is 1. The summed E-state index contributed by atoms with van der Waals surface area (Å²) < 4.78 is 12.0. The van der Waals surface area contributed by atoms with Gasteiger partial charge in [-0.15, -0.1) is 10.2 Å². The number of ether oxygens (including phenoxy) is 2. The Kier molecular flexibility index (Phi) is 4.34. The average Bonchev–Trinajstić information content (AvgIpc) is 3.23. The molecular formula is C15H15N5O3S. The molecule has 0 aliphatic rings. The Morgan fingerprint density at radius 3 is 2.67 bits per heavy atom. The first kappa shape index (κ1) is 15.8. The van der Waals surface area contributed by atoms with E-state index in [2.05, 4.69) is 15.5 Å². The lowest BCUT2D eigenvalue weighted by molar-refractivity contribution is 0.102. The SMILES string of the molecule is COc1ccc(NC(=O)c2cccn2-c2nnc(N)s2)cc1OC. The third-order valence-corrected chi connectivity index (χ3v) is 4.01. The number of nitrogen functional groups attached to an aromatic ring is 1. The van der Waals surface area contributed by atoms with Crippen LogP contribution in [0.4, 0.5) is 10.8 Å². The van der Waals surface area contributed by atoms with E-state index >= 15 is 0 Å². The number of methoxy groups -OCH3 is 2. The number of hydrogen-bond acceptors (Lipinski definition) is 7. The minimum absolute atomic E-state index is 0.291. The highest BCUT2D eigenvalue weighted by Crippen LogP contribution is 2.30. The number of nitrogens with zero attached hydrogens (tertiary/aromatic N) is 3. The summed E-state index contributed by atoms with van der Waals surface area (Å²) >= 11 is 1.20. The first-order chi connectivity index (χ1) is 11.6. The first-order valence-corrected chi connectivity index (χ1v) is 7.74. The van der Waals surface area contributed by atoms with Crippen molar-refractivity contribution in [3.05, 3.63) is 42.2 Å². The van der Waals surface area contributed by atoms with Crippen molar-refractivity contribution in [1.29, 1.82) is 0 Å². The zero-order valence-corrected chi connectivity index (χ0v) is 13.8. The molecule has 3 rings (SSSR count). The predicted octanol–water partition coefficient (Wildman–Crippen LogP) is 2.18. The molecule has 9 heteroatoms. The Morgan fingerprint density at radius 1 is 1.21 bits per heavy atom. The van der Waals surface area contributed by atoms with E-state index in [0.717, 1.165) is 0 Å². The van der Waals surface area contributed by atoms with Crippen molar-refractivity contribution in [2.24, 2.45) is 0 Å². The van der Waals surface area contributed by atoms with Crippen molar-refractivity contribution in [1.82, 2.24) is 14.8 Å². The van der Waals surface area contributed by atoms with Crippen LogP contribution in [-0.2, 0) is 0 Å². The van der Waals surface area contributed by atoms with E-state index in [9.17, 15) is 4.79 Å². The van der Waals surface area contributed by atoms with Crippen LogP contribution in [0.25, 0.3) is 5.13 Å². The van der Waals surface area contributed by atoms with Crippen molar-refractivity contribution in [3.63, 3.8) is 0 Å². The molecule has 2 aromatic heterocycles. The first-order valence-electron chi connectivity index (χ1n) is 6.92. The molecule has 0 aliphatic heterocycles. The van der Waals surface area contributed by atoms with Gasteiger partial charge >= 0.3 is 0 Å². The topological polar surface area (TPSA) is 104 Å². The second kappa shape index (κ2) is 6.59. The van der Waals surface area contributed by atoms with Crippen molar-refractivity contribution < 1.29 is 14.3 Å². The van der Waals surface area contributed by atoms with Crippen LogP contribution in [0.5, 0.6) is 11.5 Å². The Labute approximate surface area is 141 Å². The molecule has 0 saturated carbocycles. The quantitative estimate of drug-likeness (QED) is 0.734. The average molecular weight is 345 g/mol. The smallest absolute Gasteiger partial charge is 0.272 e. The number of anilines is 2. The van der Waals surface area contributed by atoms with E-state index in [4.69, 9.17) is 15.2 Å². The van der Waals surface area contributed by atoms with E-state index in [0.29, 0.717) is 33.1 Å². The molecule has 0 atom stereocenters. The summed E-state index contributed by atoms with van der Waals surface area (Å²) in [7, 11) is 3.09. The van der Waals surface area contributed by atoms with Gasteiger partial charge < -0.3 is 20.5 Å². The highest BCUT2D eigenvalue weighted by molar-refractivity contribution is 7.17. The van der Waals surface area contributed by atoms with Gasteiger partial charge in [0.15, 0.2) is 11.5 Å². The molecule has 8 nitrogen and oxygen atoms in total. The van der Waals surface area contributed by atoms with E-state index in [-0.39, 0.29) is 5.91 Å². The number of nitrogens with two attached hydrogens (primary N) is 1. The zero-order valence-electron chi connectivity index (χ0n) is 13.0. The number of aromatic nitrogens is 3. The predicted molar refractivity (Wildman–Crippen MR) is 91.1 cm³/mol. The molecule has 0 saturated heterocycles. The van der Waals surface area contributed by atoms with Gasteiger partial charge in [-0.2, -0.15) is 0 Å². The number of rotatable bonds is 5. The summed E-state index contributed by atoms with van der Waals surface area (Å²) in [6.45, 7) is 0. The minimum Gasteiger partial charge on any atom is -0.493 e. The Bertz CT molecular complexity index is 874. The fraction of sp³-hybridized carbons (Fsp3) is 0.133. The third-order valence-electron chi connectivity index (χ3n) is 3.26. The van der Waals surface area contributed by atoms with Crippen LogP contribution in [0, 0.1) is 0 Å². The normalized spacial score (nSPS) is 10.4. The van der Waals surface area contributed by atoms with E-state index in [1.54, 1.807) is 48.2 Å². The van der Waals surface area contributed by atoms with Gasteiger partial charge in [-0.25, -0.2) is 0 Å². The van der Waals surface area contributed by atoms with E-state index < -0.39 is 0 Å². The summed E-state index contributed by atoms with van der Waals surface area (Å²) in [6.07, 6.45) is 1.73. The van der Waals surface area contributed by atoms with E-state index in [1.807, 2.05) is 0 Å². The monoisotopic (exact) mass is 345 g/mol. The summed E-state index contributed by atoms with van der Waals surface area (Å²) in [6, 6.07) is 8.58. The molecule has 3 aromatic rings. The van der Waals surface area contributed by atoms with Gasteiger partial charge in [0.05, 0.1) is 14.2 Å². The summed E-state index contributed by atoms with van der Waals surface area (Å²) in [5, 5.41) is 11.4. The summed E-state index contributed by atoms with van der Waals surface area (Å²) in [5.41, 5.74) is 6.60. The number of carbonyl (C=O) groups is 1. The molecule has 0 bridgehead atoms. The third kappa shape index (κ3) is 3.01. The van der Waals surface area contributed by atoms with Crippen molar-refractivity contribution >= 4 is 28.1 Å². The van der Waals surface area contributed by atoms with Gasteiger partial charge in [0.1, 0.15) is 5.69 Å². The van der Waals surface area contributed by atoms with Gasteiger partial charge in [0.25, 0.3) is 5.91 Å². The lowest BCUT2D eigenvalue weighted by atomic mass is 10.2. The molecule has 1 amide bonds. The lowest BCUT2D eigenvalue weighted by Gasteiger charge is -2.11. The zero-order chi connectivity index (χ0) is 17.1. The highest BCUT2D eigenvalue weighted by atomic mass is 32.1. The fourth-order valence-corrected chi connectivity index (χ4v) is 2.77. The molecule has 0 fully saturated rings. The van der Waals surface area contributed by atoms with Gasteiger partial charge in [-0.1, -0.05) is 11.3 Å². The largest absolute Gasteiger partial charge is 0.493 e. The van der Waals surface area contributed by atoms with Gasteiger partial charge in [0, 0.05) is 18.0 Å². The van der Waals surface area contributed by atoms with E-state index in [1.165, 1.54) is 18.4 Å². The number of amides is 1. The molecular weight excluding hydrogens is 330 g/mol.